The van der Waals surface area contributed by atoms with E-state index in [1.807, 2.05) is 6.07 Å². The summed E-state index contributed by atoms with van der Waals surface area (Å²) in [7, 11) is 5.17. The molecule has 1 aliphatic carbocycles. The van der Waals surface area contributed by atoms with Gasteiger partial charge in [0.2, 0.25) is 0 Å². The quantitative estimate of drug-likeness (QED) is 0.885. The van der Waals surface area contributed by atoms with E-state index in [9.17, 15) is 4.79 Å². The van der Waals surface area contributed by atoms with Crippen molar-refractivity contribution < 1.29 is 9.53 Å². The highest BCUT2D eigenvalue weighted by molar-refractivity contribution is 5.94. The Bertz CT molecular complexity index is 739. The number of methoxy groups -OCH3 is 1. The third kappa shape index (κ3) is 3.67. The second kappa shape index (κ2) is 6.91. The third-order valence-corrected chi connectivity index (χ3v) is 4.24. The van der Waals surface area contributed by atoms with Gasteiger partial charge in [-0.2, -0.15) is 0 Å². The topological polar surface area (TPSA) is 54.5 Å². The van der Waals surface area contributed by atoms with Crippen LogP contribution in [0.25, 0.3) is 0 Å². The Balaban J connectivity index is 1.76. The van der Waals surface area contributed by atoms with E-state index in [0.717, 1.165) is 5.75 Å². The number of hydrogen-bond acceptors (Lipinski definition) is 4. The molecule has 1 heterocycles. The van der Waals surface area contributed by atoms with Crippen LogP contribution >= 0.6 is 0 Å². The Hall–Kier alpha value is -2.56. The Morgan fingerprint density at radius 1 is 1.29 bits per heavy atom. The molecule has 1 aromatic carbocycles. The Labute approximate surface area is 142 Å². The van der Waals surface area contributed by atoms with E-state index in [1.54, 1.807) is 44.4 Å². The first kappa shape index (κ1) is 16.3. The van der Waals surface area contributed by atoms with Gasteiger partial charge in [0, 0.05) is 32.4 Å². The summed E-state index contributed by atoms with van der Waals surface area (Å²) in [4.78, 5) is 17.9. The largest absolute Gasteiger partial charge is 0.497 e. The molecule has 0 aliphatic heterocycles. The number of anilines is 1. The van der Waals surface area contributed by atoms with E-state index < -0.39 is 0 Å². The second-order valence-electron chi connectivity index (χ2n) is 6.32. The summed E-state index contributed by atoms with van der Waals surface area (Å²) in [5.74, 6) is 2.20. The van der Waals surface area contributed by atoms with Crippen LogP contribution < -0.4 is 10.1 Å². The van der Waals surface area contributed by atoms with Crippen molar-refractivity contribution in [2.75, 3.05) is 26.5 Å². The van der Waals surface area contributed by atoms with Crippen LogP contribution in [-0.4, -0.2) is 37.0 Å². The zero-order valence-electron chi connectivity index (χ0n) is 14.4. The van der Waals surface area contributed by atoms with Crippen LogP contribution in [0.1, 0.15) is 40.2 Å². The van der Waals surface area contributed by atoms with Crippen LogP contribution in [0, 0.1) is 0 Å². The van der Waals surface area contributed by atoms with E-state index in [1.165, 1.54) is 24.0 Å². The average Bonchev–Trinajstić information content (AvgIpc) is 3.44. The molecule has 0 unspecified atom stereocenters. The number of ether oxygens (including phenoxy) is 1. The van der Waals surface area contributed by atoms with Crippen LogP contribution in [0.2, 0.25) is 0 Å². The molecule has 0 radical (unpaired) electrons. The van der Waals surface area contributed by atoms with Gasteiger partial charge in [0.05, 0.1) is 7.11 Å². The molecule has 2 aromatic rings. The van der Waals surface area contributed by atoms with Crippen molar-refractivity contribution in [1.29, 1.82) is 0 Å². The fourth-order valence-electron chi connectivity index (χ4n) is 2.76. The molecule has 5 heteroatoms. The van der Waals surface area contributed by atoms with Gasteiger partial charge in [-0.3, -0.25) is 4.79 Å². The molecular weight excluding hydrogens is 302 g/mol. The fraction of sp³-hybridized carbons (Fsp3) is 0.368. The number of pyridine rings is 1. The summed E-state index contributed by atoms with van der Waals surface area (Å²) in [5, 5.41) is 3.33. The normalized spacial score (nSPS) is 13.5. The first-order chi connectivity index (χ1) is 11.6. The minimum atomic E-state index is -0.0273. The van der Waals surface area contributed by atoms with Gasteiger partial charge in [-0.05, 0) is 54.2 Å². The fourth-order valence-corrected chi connectivity index (χ4v) is 2.76. The number of carbonyl (C=O) groups is 1. The minimum Gasteiger partial charge on any atom is -0.497 e. The molecule has 1 fully saturated rings. The summed E-state index contributed by atoms with van der Waals surface area (Å²) in [6, 6.07) is 9.78. The average molecular weight is 325 g/mol. The van der Waals surface area contributed by atoms with Crippen molar-refractivity contribution in [3.8, 4) is 5.75 Å². The van der Waals surface area contributed by atoms with Gasteiger partial charge in [-0.1, -0.05) is 6.07 Å². The van der Waals surface area contributed by atoms with Crippen LogP contribution in [0.3, 0.4) is 0 Å². The number of nitrogens with zero attached hydrogens (tertiary/aromatic N) is 2. The van der Waals surface area contributed by atoms with Gasteiger partial charge in [0.15, 0.2) is 0 Å². The Morgan fingerprint density at radius 2 is 2.08 bits per heavy atom. The standard InChI is InChI=1S/C19H23N3O2/c1-22(2)19(23)14-8-9-20-18(11-14)21-12-15-10-16(24-3)6-7-17(15)13-4-5-13/h6-11,13H,4-5,12H2,1-3H3,(H,20,21). The molecule has 3 rings (SSSR count). The number of carbonyl (C=O) groups excluding carboxylic acids is 1. The Kier molecular flexibility index (Phi) is 4.69. The molecule has 0 saturated heterocycles. The summed E-state index contributed by atoms with van der Waals surface area (Å²) < 4.78 is 5.35. The van der Waals surface area contributed by atoms with Crippen LogP contribution in [-0.2, 0) is 6.54 Å². The Morgan fingerprint density at radius 3 is 2.75 bits per heavy atom. The van der Waals surface area contributed by atoms with Gasteiger partial charge in [0.25, 0.3) is 5.91 Å². The van der Waals surface area contributed by atoms with Crippen molar-refractivity contribution in [2.24, 2.45) is 0 Å². The highest BCUT2D eigenvalue weighted by Crippen LogP contribution is 2.42. The van der Waals surface area contributed by atoms with Crippen molar-refractivity contribution in [3.63, 3.8) is 0 Å². The van der Waals surface area contributed by atoms with E-state index >= 15 is 0 Å². The molecule has 126 valence electrons. The van der Waals surface area contributed by atoms with Crippen LogP contribution in [0.5, 0.6) is 5.75 Å². The molecule has 1 aliphatic rings. The summed E-state index contributed by atoms with van der Waals surface area (Å²) in [6.45, 7) is 0.662. The van der Waals surface area contributed by atoms with Gasteiger partial charge >= 0.3 is 0 Å². The van der Waals surface area contributed by atoms with E-state index in [0.29, 0.717) is 23.8 Å². The zero-order chi connectivity index (χ0) is 17.1. The predicted octanol–water partition coefficient (Wildman–Crippen LogP) is 3.28. The monoisotopic (exact) mass is 325 g/mol. The van der Waals surface area contributed by atoms with Crippen molar-refractivity contribution in [1.82, 2.24) is 9.88 Å². The third-order valence-electron chi connectivity index (χ3n) is 4.24. The van der Waals surface area contributed by atoms with Crippen LogP contribution in [0.4, 0.5) is 5.82 Å². The maximum absolute atomic E-state index is 12.1. The maximum Gasteiger partial charge on any atom is 0.253 e. The molecule has 24 heavy (non-hydrogen) atoms. The van der Waals surface area contributed by atoms with Crippen LogP contribution in [0.15, 0.2) is 36.5 Å². The predicted molar refractivity (Wildman–Crippen MR) is 94.6 cm³/mol. The molecule has 0 atom stereocenters. The minimum absolute atomic E-state index is 0.0273. The highest BCUT2D eigenvalue weighted by Gasteiger charge is 2.26. The van der Waals surface area contributed by atoms with Crippen molar-refractivity contribution in [3.05, 3.63) is 53.2 Å². The smallest absolute Gasteiger partial charge is 0.253 e. The molecular formula is C19H23N3O2. The van der Waals surface area contributed by atoms with Gasteiger partial charge in [-0.15, -0.1) is 0 Å². The molecule has 0 spiro atoms. The van der Waals surface area contributed by atoms with Gasteiger partial charge in [-0.25, -0.2) is 4.98 Å². The first-order valence-electron chi connectivity index (χ1n) is 8.17. The highest BCUT2D eigenvalue weighted by atomic mass is 16.5. The summed E-state index contributed by atoms with van der Waals surface area (Å²) >= 11 is 0. The number of amides is 1. The molecule has 1 N–H and O–H groups in total. The molecule has 1 aromatic heterocycles. The second-order valence-corrected chi connectivity index (χ2v) is 6.32. The number of benzene rings is 1. The molecule has 5 nitrogen and oxygen atoms in total. The zero-order valence-corrected chi connectivity index (χ0v) is 14.4. The van der Waals surface area contributed by atoms with Gasteiger partial charge in [0.1, 0.15) is 11.6 Å². The summed E-state index contributed by atoms with van der Waals surface area (Å²) in [6.07, 6.45) is 4.17. The van der Waals surface area contributed by atoms with Crippen molar-refractivity contribution in [2.45, 2.75) is 25.3 Å². The maximum atomic E-state index is 12.1. The first-order valence-corrected chi connectivity index (χ1v) is 8.17. The number of rotatable bonds is 6. The lowest BCUT2D eigenvalue weighted by Crippen LogP contribution is -2.21. The number of hydrogen-bond donors (Lipinski definition) is 1. The SMILES string of the molecule is COc1ccc(C2CC2)c(CNc2cc(C(=O)N(C)C)ccn2)c1. The van der Waals surface area contributed by atoms with Crippen molar-refractivity contribution >= 4 is 11.7 Å². The van der Waals surface area contributed by atoms with Gasteiger partial charge < -0.3 is 15.0 Å². The lowest BCUT2D eigenvalue weighted by Gasteiger charge is -2.14. The van der Waals surface area contributed by atoms with E-state index in [4.69, 9.17) is 4.74 Å². The lowest BCUT2D eigenvalue weighted by atomic mass is 10.0. The van der Waals surface area contributed by atoms with E-state index in [-0.39, 0.29) is 5.91 Å². The molecule has 0 bridgehead atoms. The number of nitrogens with one attached hydrogen (secondary N) is 1. The lowest BCUT2D eigenvalue weighted by molar-refractivity contribution is 0.0827. The van der Waals surface area contributed by atoms with E-state index in [2.05, 4.69) is 22.4 Å². The number of aromatic nitrogens is 1. The molecule has 1 saturated carbocycles. The molecule has 1 amide bonds. The summed E-state index contributed by atoms with van der Waals surface area (Å²) in [5.41, 5.74) is 3.23.